The Bertz CT molecular complexity index is 946. The van der Waals surface area contributed by atoms with Gasteiger partial charge in [0.2, 0.25) is 12.7 Å². The summed E-state index contributed by atoms with van der Waals surface area (Å²) in [7, 11) is 0. The number of urea groups is 1. The smallest absolute Gasteiger partial charge is 0.317 e. The molecule has 2 aromatic carbocycles. The van der Waals surface area contributed by atoms with Crippen LogP contribution in [-0.2, 0) is 11.2 Å². The van der Waals surface area contributed by atoms with E-state index < -0.39 is 0 Å². The van der Waals surface area contributed by atoms with Crippen LogP contribution in [-0.4, -0.2) is 67.9 Å². The third-order valence-electron chi connectivity index (χ3n) is 5.21. The first-order chi connectivity index (χ1) is 15.1. The summed E-state index contributed by atoms with van der Waals surface area (Å²) in [5, 5.41) is 3.45. The Morgan fingerprint density at radius 3 is 2.55 bits per heavy atom. The number of piperazine rings is 1. The van der Waals surface area contributed by atoms with E-state index in [-0.39, 0.29) is 25.2 Å². The van der Waals surface area contributed by atoms with Crippen molar-refractivity contribution < 1.29 is 23.8 Å². The highest BCUT2D eigenvalue weighted by molar-refractivity contribution is 6.31. The van der Waals surface area contributed by atoms with Crippen LogP contribution < -0.4 is 19.5 Å². The van der Waals surface area contributed by atoms with Crippen LogP contribution in [0.1, 0.15) is 5.56 Å². The van der Waals surface area contributed by atoms with Gasteiger partial charge >= 0.3 is 6.03 Å². The maximum atomic E-state index is 12.5. The molecule has 0 saturated carbocycles. The van der Waals surface area contributed by atoms with Gasteiger partial charge in [0, 0.05) is 37.3 Å². The molecule has 2 aromatic rings. The fraction of sp³-hybridized carbons (Fsp3) is 0.364. The minimum absolute atomic E-state index is 0.0188. The van der Waals surface area contributed by atoms with Crippen LogP contribution in [0.5, 0.6) is 17.2 Å². The van der Waals surface area contributed by atoms with Crippen molar-refractivity contribution in [1.82, 2.24) is 15.1 Å². The van der Waals surface area contributed by atoms with Crippen LogP contribution in [0.4, 0.5) is 4.79 Å². The molecule has 0 spiro atoms. The quantitative estimate of drug-likeness (QED) is 0.691. The molecule has 1 saturated heterocycles. The first kappa shape index (κ1) is 21.1. The minimum Gasteiger partial charge on any atom is -0.492 e. The van der Waals surface area contributed by atoms with Crippen molar-refractivity contribution >= 4 is 23.5 Å². The summed E-state index contributed by atoms with van der Waals surface area (Å²) < 4.78 is 16.2. The van der Waals surface area contributed by atoms with Crippen LogP contribution >= 0.6 is 11.6 Å². The predicted molar refractivity (Wildman–Crippen MR) is 115 cm³/mol. The van der Waals surface area contributed by atoms with Gasteiger partial charge in [-0.1, -0.05) is 29.8 Å². The monoisotopic (exact) mass is 445 g/mol. The molecule has 3 amide bonds. The third kappa shape index (κ3) is 5.32. The van der Waals surface area contributed by atoms with Crippen LogP contribution in [0, 0.1) is 0 Å². The summed E-state index contributed by atoms with van der Waals surface area (Å²) in [6.07, 6.45) is 0.267. The number of carbonyl (C=O) groups is 2. The van der Waals surface area contributed by atoms with Crippen molar-refractivity contribution in [2.75, 3.05) is 46.1 Å². The molecule has 9 heteroatoms. The second-order valence-electron chi connectivity index (χ2n) is 7.23. The highest BCUT2D eigenvalue weighted by Gasteiger charge is 2.24. The molecule has 4 rings (SSSR count). The minimum atomic E-state index is -0.160. The second-order valence-corrected chi connectivity index (χ2v) is 7.64. The van der Waals surface area contributed by atoms with Crippen molar-refractivity contribution in [2.45, 2.75) is 6.42 Å². The Kier molecular flexibility index (Phi) is 6.66. The lowest BCUT2D eigenvalue weighted by atomic mass is 10.1. The van der Waals surface area contributed by atoms with Gasteiger partial charge in [0.15, 0.2) is 11.5 Å². The molecule has 2 aliphatic rings. The van der Waals surface area contributed by atoms with E-state index >= 15 is 0 Å². The molecular weight excluding hydrogens is 422 g/mol. The molecule has 2 heterocycles. The summed E-state index contributed by atoms with van der Waals surface area (Å²) in [4.78, 5) is 28.4. The van der Waals surface area contributed by atoms with Gasteiger partial charge in [-0.05, 0) is 23.8 Å². The third-order valence-corrected chi connectivity index (χ3v) is 5.58. The Morgan fingerprint density at radius 1 is 1.00 bits per heavy atom. The zero-order chi connectivity index (χ0) is 21.6. The van der Waals surface area contributed by atoms with Gasteiger partial charge in [0.25, 0.3) is 0 Å². The van der Waals surface area contributed by atoms with Crippen LogP contribution in [0.15, 0.2) is 42.5 Å². The van der Waals surface area contributed by atoms with Crippen molar-refractivity contribution in [2.24, 2.45) is 0 Å². The summed E-state index contributed by atoms with van der Waals surface area (Å²) in [6.45, 7) is 2.91. The van der Waals surface area contributed by atoms with Crippen molar-refractivity contribution in [3.8, 4) is 17.2 Å². The van der Waals surface area contributed by atoms with Crippen LogP contribution in [0.25, 0.3) is 0 Å². The average Bonchev–Trinajstić information content (AvgIpc) is 3.26. The Hall–Kier alpha value is -3.13. The molecule has 8 nitrogen and oxygen atoms in total. The number of amides is 3. The highest BCUT2D eigenvalue weighted by atomic mass is 35.5. The number of nitrogens with one attached hydrogen (secondary N) is 1. The Balaban J connectivity index is 1.15. The molecule has 0 unspecified atom stereocenters. The molecule has 0 aromatic heterocycles. The molecule has 164 valence electrons. The summed E-state index contributed by atoms with van der Waals surface area (Å²) >= 11 is 6.14. The predicted octanol–water partition coefficient (Wildman–Crippen LogP) is 2.54. The molecule has 0 atom stereocenters. The normalized spacial score (nSPS) is 15.0. The Morgan fingerprint density at radius 2 is 1.74 bits per heavy atom. The highest BCUT2D eigenvalue weighted by Crippen LogP contribution is 2.35. The molecule has 1 N–H and O–H groups in total. The molecule has 1 fully saturated rings. The van der Waals surface area contributed by atoms with Crippen molar-refractivity contribution in [1.29, 1.82) is 0 Å². The van der Waals surface area contributed by atoms with Gasteiger partial charge in [0.1, 0.15) is 12.4 Å². The maximum absolute atomic E-state index is 12.5. The number of rotatable bonds is 6. The molecule has 2 aliphatic heterocycles. The van der Waals surface area contributed by atoms with Gasteiger partial charge in [-0.3, -0.25) is 4.79 Å². The lowest BCUT2D eigenvalue weighted by molar-refractivity contribution is -0.131. The largest absolute Gasteiger partial charge is 0.492 e. The number of hydrogen-bond acceptors (Lipinski definition) is 5. The molecular formula is C22H24ClN3O5. The van der Waals surface area contributed by atoms with Gasteiger partial charge in [-0.2, -0.15) is 0 Å². The van der Waals surface area contributed by atoms with Gasteiger partial charge in [-0.15, -0.1) is 0 Å². The number of hydrogen-bond donors (Lipinski definition) is 1. The summed E-state index contributed by atoms with van der Waals surface area (Å²) in [6, 6.07) is 12.5. The van der Waals surface area contributed by atoms with Crippen LogP contribution in [0.3, 0.4) is 0 Å². The second kappa shape index (κ2) is 9.78. The molecule has 0 aliphatic carbocycles. The van der Waals surface area contributed by atoms with E-state index in [4.69, 9.17) is 25.8 Å². The van der Waals surface area contributed by atoms with E-state index in [1.807, 2.05) is 18.2 Å². The fourth-order valence-electron chi connectivity index (χ4n) is 3.48. The number of benzene rings is 2. The molecule has 0 radical (unpaired) electrons. The molecule has 0 bridgehead atoms. The van der Waals surface area contributed by atoms with Crippen molar-refractivity contribution in [3.05, 3.63) is 53.1 Å². The van der Waals surface area contributed by atoms with Gasteiger partial charge < -0.3 is 29.3 Å². The van der Waals surface area contributed by atoms with E-state index in [0.717, 1.165) is 5.56 Å². The topological polar surface area (TPSA) is 80.3 Å². The van der Waals surface area contributed by atoms with E-state index in [1.54, 1.807) is 34.1 Å². The van der Waals surface area contributed by atoms with Crippen LogP contribution in [0.2, 0.25) is 5.02 Å². The van der Waals surface area contributed by atoms with Gasteiger partial charge in [0.05, 0.1) is 13.0 Å². The van der Waals surface area contributed by atoms with E-state index in [9.17, 15) is 9.59 Å². The lowest BCUT2D eigenvalue weighted by Crippen LogP contribution is -2.53. The first-order valence-corrected chi connectivity index (χ1v) is 10.5. The number of carbonyl (C=O) groups excluding carboxylic acids is 2. The summed E-state index contributed by atoms with van der Waals surface area (Å²) in [5.74, 6) is 2.03. The number of ether oxygens (including phenoxy) is 3. The fourth-order valence-corrected chi connectivity index (χ4v) is 3.68. The SMILES string of the molecule is O=C(Cc1ccccc1Cl)N1CCN(C(=O)NCCOc2ccc3c(c2)OCO3)CC1. The first-order valence-electron chi connectivity index (χ1n) is 10.2. The zero-order valence-corrected chi connectivity index (χ0v) is 17.8. The number of halogens is 1. The summed E-state index contributed by atoms with van der Waals surface area (Å²) in [5.41, 5.74) is 0.816. The maximum Gasteiger partial charge on any atom is 0.317 e. The van der Waals surface area contributed by atoms with E-state index in [1.165, 1.54) is 0 Å². The zero-order valence-electron chi connectivity index (χ0n) is 17.0. The Labute approximate surface area is 185 Å². The lowest BCUT2D eigenvalue weighted by Gasteiger charge is -2.34. The van der Waals surface area contributed by atoms with E-state index in [2.05, 4.69) is 5.32 Å². The molecule has 31 heavy (non-hydrogen) atoms. The number of nitrogens with zero attached hydrogens (tertiary/aromatic N) is 2. The van der Waals surface area contributed by atoms with Gasteiger partial charge in [-0.25, -0.2) is 4.79 Å². The van der Waals surface area contributed by atoms with Crippen molar-refractivity contribution in [3.63, 3.8) is 0 Å². The number of fused-ring (bicyclic) bond motifs is 1. The average molecular weight is 446 g/mol. The standard InChI is InChI=1S/C22H24ClN3O5/c23-18-4-2-1-3-16(18)13-21(27)25-8-10-26(11-9-25)22(28)24-7-12-29-17-5-6-19-20(14-17)31-15-30-19/h1-6,14H,7-13,15H2,(H,24,28). The van der Waals surface area contributed by atoms with E-state index in [0.29, 0.717) is 61.6 Å².